The highest BCUT2D eigenvalue weighted by molar-refractivity contribution is 14.1. The Bertz CT molecular complexity index is 38.5. The first-order valence-electron chi connectivity index (χ1n) is 1.58. The van der Waals surface area contributed by atoms with Gasteiger partial charge in [-0.3, -0.25) is 0 Å². The third kappa shape index (κ3) is 4.65. The first-order valence-corrected chi connectivity index (χ1v) is 2.66. The van der Waals surface area contributed by atoms with Gasteiger partial charge in [0.25, 0.3) is 0 Å². The minimum Gasteiger partial charge on any atom is -0.393 e. The molecule has 3 heteroatoms. The van der Waals surface area contributed by atoms with Crippen LogP contribution in [0.2, 0.25) is 0 Å². The van der Waals surface area contributed by atoms with Crippen LogP contribution in [0.4, 0.5) is 0 Å². The van der Waals surface area contributed by atoms with E-state index >= 15 is 0 Å². The highest BCUT2D eigenvalue weighted by Crippen LogP contribution is 2.09. The second kappa shape index (κ2) is 2.09. The standard InChI is InChI=1S/C3H7IO2/c1-3(4,6)2-5/h5-6H,2H2,1H3. The maximum Gasteiger partial charge on any atom is 0.135 e. The quantitative estimate of drug-likeness (QED) is 0.468. The fraction of sp³-hybridized carbons (Fsp3) is 1.00. The van der Waals surface area contributed by atoms with Gasteiger partial charge in [-0.1, -0.05) is 0 Å². The van der Waals surface area contributed by atoms with E-state index in [0.717, 1.165) is 0 Å². The molecule has 0 aromatic heterocycles. The summed E-state index contributed by atoms with van der Waals surface area (Å²) < 4.78 is -0.933. The highest BCUT2D eigenvalue weighted by atomic mass is 127. The molecule has 0 aliphatic carbocycles. The van der Waals surface area contributed by atoms with Crippen LogP contribution in [0.5, 0.6) is 0 Å². The molecule has 0 aliphatic rings. The average Bonchev–Trinajstić information content (AvgIpc) is 1.35. The smallest absolute Gasteiger partial charge is 0.135 e. The van der Waals surface area contributed by atoms with Crippen molar-refractivity contribution < 1.29 is 10.2 Å². The Morgan fingerprint density at radius 1 is 1.83 bits per heavy atom. The van der Waals surface area contributed by atoms with E-state index in [2.05, 4.69) is 0 Å². The highest BCUT2D eigenvalue weighted by Gasteiger charge is 2.10. The van der Waals surface area contributed by atoms with Crippen molar-refractivity contribution in [2.75, 3.05) is 6.61 Å². The molecule has 1 unspecified atom stereocenters. The van der Waals surface area contributed by atoms with E-state index in [-0.39, 0.29) is 6.61 Å². The summed E-state index contributed by atoms with van der Waals surface area (Å²) in [5.74, 6) is 0. The Labute approximate surface area is 50.3 Å². The minimum atomic E-state index is -0.933. The van der Waals surface area contributed by atoms with Crippen LogP contribution in [0, 0.1) is 0 Å². The fourth-order valence-electron chi connectivity index (χ4n) is 0. The van der Waals surface area contributed by atoms with Crippen LogP contribution >= 0.6 is 22.6 Å². The van der Waals surface area contributed by atoms with Crippen LogP contribution in [0.25, 0.3) is 0 Å². The van der Waals surface area contributed by atoms with Crippen molar-refractivity contribution in [2.24, 2.45) is 0 Å². The van der Waals surface area contributed by atoms with Crippen LogP contribution in [-0.2, 0) is 0 Å². The van der Waals surface area contributed by atoms with E-state index in [4.69, 9.17) is 10.2 Å². The Kier molecular flexibility index (Phi) is 2.31. The summed E-state index contributed by atoms with van der Waals surface area (Å²) >= 11 is 1.75. The largest absolute Gasteiger partial charge is 0.393 e. The van der Waals surface area contributed by atoms with E-state index in [0.29, 0.717) is 0 Å². The lowest BCUT2D eigenvalue weighted by molar-refractivity contribution is 0.0953. The number of hydrogen-bond acceptors (Lipinski definition) is 2. The molecule has 0 fully saturated rings. The van der Waals surface area contributed by atoms with Crippen LogP contribution in [0.15, 0.2) is 0 Å². The van der Waals surface area contributed by atoms with Crippen LogP contribution in [0.3, 0.4) is 0 Å². The Morgan fingerprint density at radius 2 is 2.00 bits per heavy atom. The molecule has 2 N–H and O–H groups in total. The molecule has 0 spiro atoms. The van der Waals surface area contributed by atoms with Gasteiger partial charge in [-0.05, 0) is 29.5 Å². The van der Waals surface area contributed by atoms with Crippen LogP contribution in [-0.4, -0.2) is 20.4 Å². The van der Waals surface area contributed by atoms with Crippen molar-refractivity contribution in [3.63, 3.8) is 0 Å². The molecule has 0 aromatic rings. The van der Waals surface area contributed by atoms with Crippen molar-refractivity contribution in [3.05, 3.63) is 0 Å². The predicted octanol–water partition coefficient (Wildman–Crippen LogP) is 0.122. The maximum absolute atomic E-state index is 8.56. The second-order valence-electron chi connectivity index (χ2n) is 1.30. The van der Waals surface area contributed by atoms with Gasteiger partial charge in [0.1, 0.15) is 3.61 Å². The molecule has 0 rings (SSSR count). The van der Waals surface area contributed by atoms with Gasteiger partial charge in [0.05, 0.1) is 6.61 Å². The molecule has 2 nitrogen and oxygen atoms in total. The molecular weight excluding hydrogens is 195 g/mol. The summed E-state index contributed by atoms with van der Waals surface area (Å²) in [4.78, 5) is 0. The third-order valence-corrected chi connectivity index (χ3v) is 0.630. The van der Waals surface area contributed by atoms with E-state index in [9.17, 15) is 0 Å². The summed E-state index contributed by atoms with van der Waals surface area (Å²) in [6.45, 7) is 1.35. The molecule has 0 amide bonds. The molecule has 0 aliphatic heterocycles. The van der Waals surface area contributed by atoms with Gasteiger partial charge in [-0.25, -0.2) is 0 Å². The van der Waals surface area contributed by atoms with E-state index in [1.165, 1.54) is 6.92 Å². The lowest BCUT2D eigenvalue weighted by Gasteiger charge is -2.07. The molecule has 0 saturated carbocycles. The first kappa shape index (κ1) is 6.65. The molecule has 0 saturated heterocycles. The number of halogens is 1. The summed E-state index contributed by atoms with van der Waals surface area (Å²) in [5.41, 5.74) is 0. The molecule has 0 aromatic carbocycles. The van der Waals surface area contributed by atoms with Crippen LogP contribution in [0.1, 0.15) is 6.92 Å². The number of hydrogen-bond donors (Lipinski definition) is 2. The molecule has 0 radical (unpaired) electrons. The normalized spacial score (nSPS) is 20.0. The van der Waals surface area contributed by atoms with Gasteiger partial charge in [-0.2, -0.15) is 0 Å². The first-order chi connectivity index (χ1) is 2.56. The SMILES string of the molecule is CC(O)(I)CO. The predicted molar refractivity (Wildman–Crippen MR) is 31.7 cm³/mol. The number of aliphatic hydroxyl groups excluding tert-OH is 1. The summed E-state index contributed by atoms with van der Waals surface area (Å²) in [5, 5.41) is 16.7. The van der Waals surface area contributed by atoms with Gasteiger partial charge in [0, 0.05) is 0 Å². The second-order valence-corrected chi connectivity index (χ2v) is 3.62. The minimum absolute atomic E-state index is 0.187. The maximum atomic E-state index is 8.56. The van der Waals surface area contributed by atoms with Gasteiger partial charge < -0.3 is 10.2 Å². The zero-order valence-corrected chi connectivity index (χ0v) is 5.64. The lowest BCUT2D eigenvalue weighted by atomic mass is 10.5. The molecule has 0 bridgehead atoms. The summed E-state index contributed by atoms with van der Waals surface area (Å²) in [6.07, 6.45) is 0. The van der Waals surface area contributed by atoms with Gasteiger partial charge >= 0.3 is 0 Å². The van der Waals surface area contributed by atoms with Gasteiger partial charge in [0.2, 0.25) is 0 Å². The topological polar surface area (TPSA) is 40.5 Å². The Morgan fingerprint density at radius 3 is 2.00 bits per heavy atom. The Balaban J connectivity index is 3.17. The van der Waals surface area contributed by atoms with Crippen molar-refractivity contribution in [1.82, 2.24) is 0 Å². The van der Waals surface area contributed by atoms with Gasteiger partial charge in [0.15, 0.2) is 0 Å². The summed E-state index contributed by atoms with van der Waals surface area (Å²) in [7, 11) is 0. The van der Waals surface area contributed by atoms with E-state index in [1.807, 2.05) is 0 Å². The van der Waals surface area contributed by atoms with Crippen molar-refractivity contribution >= 4 is 22.6 Å². The number of rotatable bonds is 1. The van der Waals surface area contributed by atoms with E-state index in [1.54, 1.807) is 22.6 Å². The van der Waals surface area contributed by atoms with Crippen molar-refractivity contribution in [2.45, 2.75) is 10.5 Å². The molecule has 6 heavy (non-hydrogen) atoms. The van der Waals surface area contributed by atoms with Crippen molar-refractivity contribution in [1.29, 1.82) is 0 Å². The number of aliphatic hydroxyl groups is 2. The van der Waals surface area contributed by atoms with Gasteiger partial charge in [-0.15, -0.1) is 0 Å². The number of alkyl halides is 1. The fourth-order valence-corrected chi connectivity index (χ4v) is 0. The zero-order chi connectivity index (χ0) is 5.21. The monoisotopic (exact) mass is 202 g/mol. The third-order valence-electron chi connectivity index (χ3n) is 0.289. The average molecular weight is 202 g/mol. The van der Waals surface area contributed by atoms with Crippen molar-refractivity contribution in [3.8, 4) is 0 Å². The molecule has 1 atom stereocenters. The molecule has 38 valence electrons. The van der Waals surface area contributed by atoms with E-state index < -0.39 is 3.61 Å². The summed E-state index contributed by atoms with van der Waals surface area (Å²) in [6, 6.07) is 0. The Hall–Kier alpha value is 0.650. The molecular formula is C3H7IO2. The lowest BCUT2D eigenvalue weighted by Crippen LogP contribution is -2.18. The molecule has 0 heterocycles. The zero-order valence-electron chi connectivity index (χ0n) is 3.48. The van der Waals surface area contributed by atoms with Crippen LogP contribution < -0.4 is 0 Å².